The maximum Gasteiger partial charge on any atom is 0.348 e. The van der Waals surface area contributed by atoms with Crippen molar-refractivity contribution in [2.24, 2.45) is 0 Å². The van der Waals surface area contributed by atoms with E-state index < -0.39 is 5.97 Å². The Bertz CT molecular complexity index is 520. The molecule has 0 spiro atoms. The van der Waals surface area contributed by atoms with Gasteiger partial charge in [0.15, 0.2) is 5.76 Å². The minimum absolute atomic E-state index is 0.405. The summed E-state index contributed by atoms with van der Waals surface area (Å²) in [6.07, 6.45) is 1.74. The van der Waals surface area contributed by atoms with Crippen LogP contribution in [0.3, 0.4) is 0 Å². The van der Waals surface area contributed by atoms with Gasteiger partial charge < -0.3 is 19.1 Å². The van der Waals surface area contributed by atoms with Gasteiger partial charge in [0.05, 0.1) is 14.2 Å². The molecular formula is C13H15NO4. The number of carbonyl (C=O) groups excluding carboxylic acids is 1. The lowest BCUT2D eigenvalue weighted by molar-refractivity contribution is 0.0711. The molecule has 5 heteroatoms. The Balaban J connectivity index is 2.62. The van der Waals surface area contributed by atoms with Gasteiger partial charge in [0.1, 0.15) is 17.1 Å². The van der Waals surface area contributed by atoms with E-state index in [1.54, 1.807) is 25.4 Å². The van der Waals surface area contributed by atoms with Crippen molar-refractivity contribution in [2.45, 2.75) is 0 Å². The number of ether oxygens (including phenoxy) is 3. The standard InChI is InChI=1S/C13H15NO4/c1-14(2)7-11-9-5-8(16-3)6-10(17-4)12(9)13(15)18-11/h5-7H,1-4H3. The summed E-state index contributed by atoms with van der Waals surface area (Å²) in [5, 5.41) is 0. The summed E-state index contributed by atoms with van der Waals surface area (Å²) in [4.78, 5) is 13.6. The predicted molar refractivity (Wildman–Crippen MR) is 66.6 cm³/mol. The van der Waals surface area contributed by atoms with Gasteiger partial charge in [0.2, 0.25) is 0 Å². The van der Waals surface area contributed by atoms with Crippen molar-refractivity contribution in [3.8, 4) is 11.5 Å². The van der Waals surface area contributed by atoms with E-state index in [2.05, 4.69) is 0 Å². The SMILES string of the molecule is COc1cc(OC)c2c(c1)C(=CN(C)C)OC2=O. The van der Waals surface area contributed by atoms with Gasteiger partial charge in [0.25, 0.3) is 0 Å². The van der Waals surface area contributed by atoms with Gasteiger partial charge in [-0.1, -0.05) is 0 Å². The number of benzene rings is 1. The number of cyclic esters (lactones) is 1. The van der Waals surface area contributed by atoms with Crippen molar-refractivity contribution >= 4 is 11.7 Å². The lowest BCUT2D eigenvalue weighted by atomic mass is 10.1. The molecule has 2 rings (SSSR count). The summed E-state index contributed by atoms with van der Waals surface area (Å²) in [7, 11) is 6.79. The van der Waals surface area contributed by atoms with Gasteiger partial charge in [-0.2, -0.15) is 0 Å². The summed E-state index contributed by atoms with van der Waals surface area (Å²) in [5.41, 5.74) is 1.12. The van der Waals surface area contributed by atoms with Crippen LogP contribution in [0.1, 0.15) is 15.9 Å². The van der Waals surface area contributed by atoms with Crippen LogP contribution in [0.4, 0.5) is 0 Å². The Morgan fingerprint density at radius 1 is 1.22 bits per heavy atom. The lowest BCUT2D eigenvalue weighted by Gasteiger charge is -2.09. The molecule has 5 nitrogen and oxygen atoms in total. The highest BCUT2D eigenvalue weighted by Crippen LogP contribution is 2.39. The molecule has 0 fully saturated rings. The monoisotopic (exact) mass is 249 g/mol. The zero-order chi connectivity index (χ0) is 13.3. The molecule has 0 N–H and O–H groups in total. The predicted octanol–water partition coefficient (Wildman–Crippen LogP) is 1.73. The van der Waals surface area contributed by atoms with Crippen LogP contribution >= 0.6 is 0 Å². The van der Waals surface area contributed by atoms with Gasteiger partial charge >= 0.3 is 5.97 Å². The van der Waals surface area contributed by atoms with Crippen molar-refractivity contribution in [1.29, 1.82) is 0 Å². The third-order valence-corrected chi connectivity index (χ3v) is 2.58. The third kappa shape index (κ3) is 1.99. The van der Waals surface area contributed by atoms with Gasteiger partial charge in [-0.05, 0) is 6.07 Å². The number of hydrogen-bond acceptors (Lipinski definition) is 5. The second-order valence-electron chi connectivity index (χ2n) is 4.10. The van der Waals surface area contributed by atoms with E-state index >= 15 is 0 Å². The van der Waals surface area contributed by atoms with Crippen LogP contribution < -0.4 is 9.47 Å². The zero-order valence-corrected chi connectivity index (χ0v) is 10.8. The van der Waals surface area contributed by atoms with Crippen molar-refractivity contribution in [1.82, 2.24) is 4.90 Å². The highest BCUT2D eigenvalue weighted by atomic mass is 16.5. The van der Waals surface area contributed by atoms with E-state index in [0.717, 1.165) is 0 Å². The van der Waals surface area contributed by atoms with Crippen molar-refractivity contribution < 1.29 is 19.0 Å². The van der Waals surface area contributed by atoms with E-state index in [0.29, 0.717) is 28.4 Å². The Morgan fingerprint density at radius 2 is 1.94 bits per heavy atom. The largest absolute Gasteiger partial charge is 0.497 e. The summed E-state index contributed by atoms with van der Waals surface area (Å²) >= 11 is 0. The van der Waals surface area contributed by atoms with Crippen molar-refractivity contribution in [3.05, 3.63) is 29.5 Å². The van der Waals surface area contributed by atoms with E-state index in [-0.39, 0.29) is 0 Å². The number of fused-ring (bicyclic) bond motifs is 1. The molecule has 0 aromatic heterocycles. The average molecular weight is 249 g/mol. The molecule has 1 aliphatic rings. The van der Waals surface area contributed by atoms with Crippen LogP contribution in [-0.2, 0) is 4.74 Å². The number of methoxy groups -OCH3 is 2. The molecular weight excluding hydrogens is 234 g/mol. The molecule has 18 heavy (non-hydrogen) atoms. The second kappa shape index (κ2) is 4.60. The Kier molecular flexibility index (Phi) is 3.14. The van der Waals surface area contributed by atoms with Gasteiger partial charge in [-0.15, -0.1) is 0 Å². The molecule has 96 valence electrons. The molecule has 0 unspecified atom stereocenters. The molecule has 0 amide bonds. The van der Waals surface area contributed by atoms with E-state index in [9.17, 15) is 4.79 Å². The first-order valence-electron chi connectivity index (χ1n) is 5.43. The van der Waals surface area contributed by atoms with Crippen molar-refractivity contribution in [3.63, 3.8) is 0 Å². The summed E-state index contributed by atoms with van der Waals surface area (Å²) in [6, 6.07) is 3.43. The summed E-state index contributed by atoms with van der Waals surface area (Å²) in [5.74, 6) is 1.17. The maximum atomic E-state index is 11.8. The van der Waals surface area contributed by atoms with Crippen LogP contribution in [0.5, 0.6) is 11.5 Å². The van der Waals surface area contributed by atoms with E-state index in [1.165, 1.54) is 7.11 Å². The third-order valence-electron chi connectivity index (χ3n) is 2.58. The molecule has 1 aromatic carbocycles. The Hall–Kier alpha value is -2.17. The first-order valence-corrected chi connectivity index (χ1v) is 5.43. The molecule has 0 bridgehead atoms. The fraction of sp³-hybridized carbons (Fsp3) is 0.308. The molecule has 0 radical (unpaired) electrons. The fourth-order valence-electron chi connectivity index (χ4n) is 1.81. The number of carbonyl (C=O) groups is 1. The van der Waals surface area contributed by atoms with Gasteiger partial charge in [0, 0.05) is 31.9 Å². The highest BCUT2D eigenvalue weighted by molar-refractivity contribution is 6.05. The minimum atomic E-state index is -0.405. The van der Waals surface area contributed by atoms with Gasteiger partial charge in [-0.25, -0.2) is 4.79 Å². The molecule has 1 heterocycles. The molecule has 0 saturated carbocycles. The Morgan fingerprint density at radius 3 is 2.50 bits per heavy atom. The quantitative estimate of drug-likeness (QED) is 0.763. The number of hydrogen-bond donors (Lipinski definition) is 0. The van der Waals surface area contributed by atoms with Crippen LogP contribution in [0.15, 0.2) is 18.3 Å². The summed E-state index contributed by atoms with van der Waals surface area (Å²) in [6.45, 7) is 0. The minimum Gasteiger partial charge on any atom is -0.497 e. The number of esters is 1. The summed E-state index contributed by atoms with van der Waals surface area (Å²) < 4.78 is 15.6. The normalized spacial score (nSPS) is 15.3. The average Bonchev–Trinajstić information content (AvgIpc) is 2.64. The highest BCUT2D eigenvalue weighted by Gasteiger charge is 2.31. The van der Waals surface area contributed by atoms with E-state index in [4.69, 9.17) is 14.2 Å². The molecule has 1 aromatic rings. The first-order chi connectivity index (χ1) is 8.56. The molecule has 0 saturated heterocycles. The molecule has 0 aliphatic carbocycles. The lowest BCUT2D eigenvalue weighted by Crippen LogP contribution is -2.02. The van der Waals surface area contributed by atoms with Crippen molar-refractivity contribution in [2.75, 3.05) is 28.3 Å². The van der Waals surface area contributed by atoms with Crippen LogP contribution in [0.25, 0.3) is 5.76 Å². The Labute approximate surface area is 106 Å². The fourth-order valence-corrected chi connectivity index (χ4v) is 1.81. The topological polar surface area (TPSA) is 48.0 Å². The van der Waals surface area contributed by atoms with Crippen LogP contribution in [-0.4, -0.2) is 39.2 Å². The molecule has 1 aliphatic heterocycles. The van der Waals surface area contributed by atoms with Gasteiger partial charge in [-0.3, -0.25) is 0 Å². The zero-order valence-electron chi connectivity index (χ0n) is 10.8. The molecule has 0 atom stereocenters. The van der Waals surface area contributed by atoms with E-state index in [1.807, 2.05) is 19.0 Å². The number of nitrogens with zero attached hydrogens (tertiary/aromatic N) is 1. The number of rotatable bonds is 3. The maximum absolute atomic E-state index is 11.8. The van der Waals surface area contributed by atoms with Crippen LogP contribution in [0.2, 0.25) is 0 Å². The smallest absolute Gasteiger partial charge is 0.348 e. The first kappa shape index (κ1) is 12.3. The second-order valence-corrected chi connectivity index (χ2v) is 4.10. The van der Waals surface area contributed by atoms with Crippen LogP contribution in [0, 0.1) is 0 Å².